The van der Waals surface area contributed by atoms with Gasteiger partial charge in [-0.2, -0.15) is 0 Å². The molecule has 0 aliphatic carbocycles. The number of carbonyl (C=O) groups is 13. The normalized spacial score (nSPS) is 14.5. The maximum absolute atomic E-state index is 14.6. The fourth-order valence-electron chi connectivity index (χ4n) is 9.26. The lowest BCUT2D eigenvalue weighted by molar-refractivity contribution is -0.142. The zero-order valence-corrected chi connectivity index (χ0v) is 51.5. The van der Waals surface area contributed by atoms with Gasteiger partial charge in [-0.3, -0.25) is 57.5 Å². The highest BCUT2D eigenvalue weighted by molar-refractivity contribution is 5.99. The van der Waals surface area contributed by atoms with E-state index in [1.807, 2.05) is 13.8 Å². The first kappa shape index (κ1) is 74.9. The topological polar surface area (TPSA) is 498 Å². The lowest BCUT2D eigenvalue weighted by Gasteiger charge is -2.29. The second-order valence-corrected chi connectivity index (χ2v) is 22.9. The van der Waals surface area contributed by atoms with Crippen molar-refractivity contribution < 1.29 is 77.6 Å². The van der Waals surface area contributed by atoms with Crippen molar-refractivity contribution in [3.05, 3.63) is 90.0 Å². The van der Waals surface area contributed by atoms with Crippen molar-refractivity contribution in [3.8, 4) is 0 Å². The third-order valence-corrected chi connectivity index (χ3v) is 14.2. The molecule has 1 heterocycles. The third-order valence-electron chi connectivity index (χ3n) is 14.2. The predicted molar refractivity (Wildman–Crippen MR) is 325 cm³/mol. The summed E-state index contributed by atoms with van der Waals surface area (Å²) in [6.45, 7) is 10.3. The van der Waals surface area contributed by atoms with Crippen LogP contribution in [0.1, 0.15) is 116 Å². The molecule has 0 saturated carbocycles. The number of nitrogens with two attached hydrogens (primary N) is 3. The van der Waals surface area contributed by atoms with Gasteiger partial charge < -0.3 is 85.4 Å². The van der Waals surface area contributed by atoms with Gasteiger partial charge in [0.15, 0.2) is 0 Å². The van der Waals surface area contributed by atoms with Gasteiger partial charge in [0.25, 0.3) is 0 Å². The number of nitrogens with zero attached hydrogens (tertiary/aromatic N) is 1. The molecule has 10 atom stereocenters. The van der Waals surface area contributed by atoms with E-state index in [0.717, 1.165) is 0 Å². The van der Waals surface area contributed by atoms with Crippen molar-refractivity contribution in [1.82, 2.24) is 57.8 Å². The number of nitrogens with one attached hydrogen (secondary N) is 10. The minimum atomic E-state index is -1.78. The SMILES string of the molecule is CC(C)C[C@H](N)C(=O)N[C@H](C(=O)N[C@@H](CC(N)=O)C(=O)N[C@@H](Cc1cnc[nH]1)C(=O)N[C@@H](Cc1ccccc1)C(=O)N[C@H](C(=O)N[C@@H](CCC(=O)O)C(=O)N[C@@H](CCC(=O)O)C(=O)N[C@@H](Cc1ccccc1)C(=O)N[C@@H](CCCCN)C(=O)O)C(C)C)C(C)C. The van der Waals surface area contributed by atoms with E-state index < -0.39 is 181 Å². The van der Waals surface area contributed by atoms with Crippen molar-refractivity contribution in [2.45, 2.75) is 179 Å². The Labute approximate surface area is 521 Å². The molecular formula is C60H88N14O16. The molecule has 1 aromatic heterocycles. The number of aromatic nitrogens is 2. The first-order valence-electron chi connectivity index (χ1n) is 29.7. The lowest BCUT2D eigenvalue weighted by atomic mass is 9.99. The third kappa shape index (κ3) is 27.0. The van der Waals surface area contributed by atoms with E-state index >= 15 is 0 Å². The Bertz CT molecular complexity index is 2900. The summed E-state index contributed by atoms with van der Waals surface area (Å²) in [4.78, 5) is 182. The number of H-pyrrole nitrogens is 1. The summed E-state index contributed by atoms with van der Waals surface area (Å²) in [5.74, 6) is -15.3. The van der Waals surface area contributed by atoms with Gasteiger partial charge in [0.05, 0.1) is 18.8 Å². The zero-order chi connectivity index (χ0) is 67.2. The van der Waals surface area contributed by atoms with Gasteiger partial charge in [-0.1, -0.05) is 102 Å². The molecule has 2 aromatic carbocycles. The van der Waals surface area contributed by atoms with Crippen molar-refractivity contribution in [2.75, 3.05) is 6.54 Å². The molecule has 0 radical (unpaired) electrons. The highest BCUT2D eigenvalue weighted by atomic mass is 16.4. The number of hydrogen-bond donors (Lipinski definition) is 16. The van der Waals surface area contributed by atoms with E-state index in [4.69, 9.17) is 17.2 Å². The van der Waals surface area contributed by atoms with Crippen LogP contribution in [0.2, 0.25) is 0 Å². The molecule has 3 rings (SSSR count). The van der Waals surface area contributed by atoms with Crippen LogP contribution in [0.4, 0.5) is 0 Å². The number of amides is 10. The van der Waals surface area contributed by atoms with Crippen LogP contribution in [0.25, 0.3) is 0 Å². The van der Waals surface area contributed by atoms with Gasteiger partial charge in [0.2, 0.25) is 59.1 Å². The highest BCUT2D eigenvalue weighted by Crippen LogP contribution is 2.14. The molecule has 0 fully saturated rings. The lowest BCUT2D eigenvalue weighted by Crippen LogP contribution is -2.62. The molecule has 0 bridgehead atoms. The average molecular weight is 1260 g/mol. The summed E-state index contributed by atoms with van der Waals surface area (Å²) in [5, 5.41) is 51.8. The van der Waals surface area contributed by atoms with E-state index in [1.54, 1.807) is 74.5 Å². The molecule has 30 nitrogen and oxygen atoms in total. The van der Waals surface area contributed by atoms with E-state index in [0.29, 0.717) is 36.1 Å². The molecule has 90 heavy (non-hydrogen) atoms. The number of benzene rings is 2. The van der Waals surface area contributed by atoms with Crippen LogP contribution >= 0.6 is 0 Å². The minimum absolute atomic E-state index is 0.000697. The number of hydrogen-bond acceptors (Lipinski definition) is 16. The summed E-state index contributed by atoms with van der Waals surface area (Å²) < 4.78 is 0. The van der Waals surface area contributed by atoms with Gasteiger partial charge in [-0.15, -0.1) is 0 Å². The molecule has 30 heteroatoms. The van der Waals surface area contributed by atoms with Gasteiger partial charge in [-0.25, -0.2) is 9.78 Å². The molecule has 3 aromatic rings. The number of carbonyl (C=O) groups excluding carboxylic acids is 10. The minimum Gasteiger partial charge on any atom is -0.481 e. The molecule has 0 saturated heterocycles. The summed E-state index contributed by atoms with van der Waals surface area (Å²) in [6, 6.07) is 1.55. The molecule has 0 aliphatic rings. The maximum atomic E-state index is 14.6. The van der Waals surface area contributed by atoms with Gasteiger partial charge in [0.1, 0.15) is 54.4 Å². The average Bonchev–Trinajstić information content (AvgIpc) is 1.39. The number of aliphatic carboxylic acids is 3. The second-order valence-electron chi connectivity index (χ2n) is 22.9. The maximum Gasteiger partial charge on any atom is 0.326 e. The Balaban J connectivity index is 1.97. The molecule has 10 amide bonds. The number of carboxylic acids is 3. The summed E-state index contributed by atoms with van der Waals surface area (Å²) in [6.07, 6.45) is -0.402. The van der Waals surface area contributed by atoms with Crippen LogP contribution < -0.4 is 65.1 Å². The first-order chi connectivity index (χ1) is 42.5. The Hall–Kier alpha value is -9.32. The molecule has 19 N–H and O–H groups in total. The summed E-state index contributed by atoms with van der Waals surface area (Å²) in [7, 11) is 0. The van der Waals surface area contributed by atoms with Gasteiger partial charge in [-0.05, 0) is 74.0 Å². The van der Waals surface area contributed by atoms with E-state index in [-0.39, 0.29) is 38.1 Å². The smallest absolute Gasteiger partial charge is 0.326 e. The van der Waals surface area contributed by atoms with Crippen LogP contribution in [0.15, 0.2) is 73.2 Å². The Morgan fingerprint density at radius 1 is 0.478 bits per heavy atom. The van der Waals surface area contributed by atoms with Gasteiger partial charge in [0, 0.05) is 44.0 Å². The number of rotatable bonds is 41. The quantitative estimate of drug-likeness (QED) is 0.0282. The molecule has 0 unspecified atom stereocenters. The monoisotopic (exact) mass is 1260 g/mol. The van der Waals surface area contributed by atoms with E-state index in [2.05, 4.69) is 57.8 Å². The first-order valence-corrected chi connectivity index (χ1v) is 29.7. The van der Waals surface area contributed by atoms with Crippen LogP contribution in [0.5, 0.6) is 0 Å². The van der Waals surface area contributed by atoms with Crippen LogP contribution in [0, 0.1) is 17.8 Å². The molecular weight excluding hydrogens is 1170 g/mol. The molecule has 0 spiro atoms. The fourth-order valence-corrected chi connectivity index (χ4v) is 9.26. The summed E-state index contributed by atoms with van der Waals surface area (Å²) in [5.41, 5.74) is 18.5. The van der Waals surface area contributed by atoms with Crippen LogP contribution in [0.3, 0.4) is 0 Å². The van der Waals surface area contributed by atoms with Crippen LogP contribution in [-0.4, -0.2) is 169 Å². The second kappa shape index (κ2) is 38.2. The predicted octanol–water partition coefficient (Wildman–Crippen LogP) is -1.70. The van der Waals surface area contributed by atoms with Crippen molar-refractivity contribution in [1.29, 1.82) is 0 Å². The fraction of sp³-hybridized carbons (Fsp3) is 0.533. The zero-order valence-electron chi connectivity index (χ0n) is 51.5. The van der Waals surface area contributed by atoms with Crippen molar-refractivity contribution in [2.24, 2.45) is 35.0 Å². The Morgan fingerprint density at radius 3 is 1.27 bits per heavy atom. The Kier molecular flexibility index (Phi) is 31.8. The number of unbranched alkanes of at least 4 members (excludes halogenated alkanes) is 1. The highest BCUT2D eigenvalue weighted by Gasteiger charge is 2.38. The summed E-state index contributed by atoms with van der Waals surface area (Å²) >= 11 is 0. The number of imidazole rings is 1. The van der Waals surface area contributed by atoms with Crippen molar-refractivity contribution in [3.63, 3.8) is 0 Å². The number of aromatic amines is 1. The Morgan fingerprint density at radius 2 is 0.867 bits per heavy atom. The van der Waals surface area contributed by atoms with Crippen molar-refractivity contribution >= 4 is 77.0 Å². The van der Waals surface area contributed by atoms with Gasteiger partial charge >= 0.3 is 17.9 Å². The van der Waals surface area contributed by atoms with Crippen LogP contribution in [-0.2, 0) is 81.6 Å². The number of primary amides is 1. The number of carboxylic acid groups (broad SMARTS) is 3. The molecule has 0 aliphatic heterocycles. The standard InChI is InChI=1S/C60H88N14O16/c1-32(2)25-38(62)51(80)73-49(33(3)4)59(88)72-45(29-46(63)75)56(85)71-44(28-37-30-64-31-65-37)55(84)70-43(27-36-17-11-8-12-18-36)57(86)74-50(34(5)6)58(87)67-40(21-23-48(78)79)52(81)66-39(20-22-47(76)77)53(82)69-42(26-35-15-9-7-10-16-35)54(83)68-41(60(89)90)19-13-14-24-61/h7-12,15-18,30-34,38-45,49-50H,13-14,19-29,61-62H2,1-6H3,(H2,63,75)(H,64,65)(H,66,81)(H,67,87)(H,68,83)(H,69,82)(H,70,84)(H,71,85)(H,72,88)(H,73,80)(H,74,86)(H,76,77)(H,78,79)(H,89,90)/t38-,39-,40-,41-,42-,43-,44-,45-,49-,50-/m0/s1. The molecule has 494 valence electrons. The largest absolute Gasteiger partial charge is 0.481 e. The van der Waals surface area contributed by atoms with E-state index in [1.165, 1.54) is 26.4 Å². The van der Waals surface area contributed by atoms with E-state index in [9.17, 15) is 77.6 Å².